The van der Waals surface area contributed by atoms with Crippen molar-refractivity contribution in [3.8, 4) is 0 Å². The van der Waals surface area contributed by atoms with Crippen LogP contribution < -0.4 is 5.73 Å². The fraction of sp³-hybridized carbons (Fsp3) is 0.471. The maximum atomic E-state index is 12.3. The van der Waals surface area contributed by atoms with E-state index in [0.29, 0.717) is 0 Å². The van der Waals surface area contributed by atoms with Gasteiger partial charge in [-0.1, -0.05) is 46.3 Å². The zero-order valence-corrected chi connectivity index (χ0v) is 15.5. The lowest BCUT2D eigenvalue weighted by molar-refractivity contribution is -0.166. The van der Waals surface area contributed by atoms with Crippen molar-refractivity contribution in [3.05, 3.63) is 35.9 Å². The lowest BCUT2D eigenvalue weighted by Crippen LogP contribution is -2.49. The van der Waals surface area contributed by atoms with Gasteiger partial charge < -0.3 is 15.2 Å². The van der Waals surface area contributed by atoms with Gasteiger partial charge in [-0.3, -0.25) is 14.4 Å². The molecule has 0 fully saturated rings. The third kappa shape index (κ3) is 6.41. The molecule has 1 aromatic rings. The SMILES string of the molecule is CC(C)(C)OC(=O)C(N)[C@@H](C(=O)CBr)C(=O)OCc1ccccc1. The molecular weight excluding hydrogens is 378 g/mol. The standard InChI is InChI=1S/C17H22BrNO5/c1-17(2,3)24-16(22)14(19)13(12(20)9-18)15(21)23-10-11-7-5-4-6-8-11/h4-8,13-14H,9-10,19H2,1-3H3/t13-,14?/m1/s1. The molecule has 0 aliphatic heterocycles. The van der Waals surface area contributed by atoms with Crippen LogP contribution in [0.1, 0.15) is 26.3 Å². The Hall–Kier alpha value is -1.73. The van der Waals surface area contributed by atoms with Crippen LogP contribution in [0, 0.1) is 5.92 Å². The first kappa shape index (κ1) is 20.3. The minimum atomic E-state index is -1.42. The highest BCUT2D eigenvalue weighted by atomic mass is 79.9. The number of Topliss-reactive ketones (excluding diaryl/α,β-unsaturated/α-hetero) is 1. The molecule has 0 spiro atoms. The number of carbonyl (C=O) groups excluding carboxylic acids is 3. The normalized spacial score (nSPS) is 13.7. The Bertz CT molecular complexity index is 582. The summed E-state index contributed by atoms with van der Waals surface area (Å²) in [6.45, 7) is 5.01. The molecule has 1 rings (SSSR count). The van der Waals surface area contributed by atoms with Crippen molar-refractivity contribution >= 4 is 33.7 Å². The maximum absolute atomic E-state index is 12.3. The van der Waals surface area contributed by atoms with Crippen molar-refractivity contribution in [2.75, 3.05) is 5.33 Å². The summed E-state index contributed by atoms with van der Waals surface area (Å²) >= 11 is 2.99. The second-order valence-corrected chi connectivity index (χ2v) is 6.79. The van der Waals surface area contributed by atoms with E-state index in [1.807, 2.05) is 6.07 Å². The highest BCUT2D eigenvalue weighted by Gasteiger charge is 2.39. The summed E-state index contributed by atoms with van der Waals surface area (Å²) < 4.78 is 10.3. The summed E-state index contributed by atoms with van der Waals surface area (Å²) in [6.07, 6.45) is 0. The molecule has 0 bridgehead atoms. The van der Waals surface area contributed by atoms with Gasteiger partial charge in [0, 0.05) is 0 Å². The Morgan fingerprint density at radius 3 is 2.21 bits per heavy atom. The number of esters is 2. The number of nitrogens with two attached hydrogens (primary N) is 1. The zero-order chi connectivity index (χ0) is 18.3. The summed E-state index contributed by atoms with van der Waals surface area (Å²) in [4.78, 5) is 36.4. The maximum Gasteiger partial charge on any atom is 0.324 e. The van der Waals surface area contributed by atoms with Crippen molar-refractivity contribution in [2.24, 2.45) is 11.7 Å². The second-order valence-electron chi connectivity index (χ2n) is 6.23. The third-order valence-corrected chi connectivity index (χ3v) is 3.55. The Labute approximate surface area is 149 Å². The monoisotopic (exact) mass is 399 g/mol. The van der Waals surface area contributed by atoms with Crippen molar-refractivity contribution in [2.45, 2.75) is 39.0 Å². The van der Waals surface area contributed by atoms with Gasteiger partial charge in [0.25, 0.3) is 0 Å². The average molecular weight is 400 g/mol. The molecule has 6 nitrogen and oxygen atoms in total. The Morgan fingerprint density at radius 2 is 1.71 bits per heavy atom. The van der Waals surface area contributed by atoms with Crippen molar-refractivity contribution in [3.63, 3.8) is 0 Å². The number of ether oxygens (including phenoxy) is 2. The summed E-state index contributed by atoms with van der Waals surface area (Å²) in [5, 5.41) is -0.116. The van der Waals surface area contributed by atoms with Crippen molar-refractivity contribution in [1.82, 2.24) is 0 Å². The Kier molecular flexibility index (Phi) is 7.57. The fourth-order valence-electron chi connectivity index (χ4n) is 1.89. The largest absolute Gasteiger partial charge is 0.460 e. The van der Waals surface area contributed by atoms with Crippen LogP contribution in [0.5, 0.6) is 0 Å². The highest BCUT2D eigenvalue weighted by Crippen LogP contribution is 2.15. The minimum Gasteiger partial charge on any atom is -0.460 e. The molecule has 7 heteroatoms. The molecule has 0 aromatic heterocycles. The Morgan fingerprint density at radius 1 is 1.12 bits per heavy atom. The molecule has 0 saturated carbocycles. The molecule has 0 aliphatic carbocycles. The van der Waals surface area contributed by atoms with Gasteiger partial charge in [-0.15, -0.1) is 0 Å². The van der Waals surface area contributed by atoms with E-state index in [0.717, 1.165) is 5.56 Å². The molecule has 1 aromatic carbocycles. The molecule has 2 atom stereocenters. The zero-order valence-electron chi connectivity index (χ0n) is 14.0. The summed E-state index contributed by atoms with van der Waals surface area (Å²) in [7, 11) is 0. The van der Waals surface area contributed by atoms with Crippen LogP contribution in [0.3, 0.4) is 0 Å². The van der Waals surface area contributed by atoms with E-state index >= 15 is 0 Å². The van der Waals surface area contributed by atoms with Gasteiger partial charge in [0.15, 0.2) is 5.78 Å². The Balaban J connectivity index is 2.82. The lowest BCUT2D eigenvalue weighted by atomic mass is 9.96. The van der Waals surface area contributed by atoms with Crippen LogP contribution in [0.25, 0.3) is 0 Å². The van der Waals surface area contributed by atoms with Crippen molar-refractivity contribution < 1.29 is 23.9 Å². The molecule has 0 amide bonds. The van der Waals surface area contributed by atoms with Gasteiger partial charge in [0.05, 0.1) is 5.33 Å². The van der Waals surface area contributed by atoms with E-state index in [4.69, 9.17) is 15.2 Å². The predicted octanol–water partition coefficient (Wildman–Crippen LogP) is 1.98. The number of hydrogen-bond donors (Lipinski definition) is 1. The van der Waals surface area contributed by atoms with Crippen LogP contribution in [-0.4, -0.2) is 34.7 Å². The second kappa shape index (κ2) is 8.94. The van der Waals surface area contributed by atoms with E-state index in [1.165, 1.54) is 0 Å². The van der Waals surface area contributed by atoms with Crippen LogP contribution in [0.4, 0.5) is 0 Å². The molecule has 24 heavy (non-hydrogen) atoms. The molecule has 2 N–H and O–H groups in total. The summed E-state index contributed by atoms with van der Waals surface area (Å²) in [6, 6.07) is 7.58. The summed E-state index contributed by atoms with van der Waals surface area (Å²) in [5.74, 6) is -3.62. The lowest BCUT2D eigenvalue weighted by Gasteiger charge is -2.25. The molecule has 0 radical (unpaired) electrons. The average Bonchev–Trinajstić information content (AvgIpc) is 2.52. The topological polar surface area (TPSA) is 95.7 Å². The summed E-state index contributed by atoms with van der Waals surface area (Å²) in [5.41, 5.74) is 5.79. The highest BCUT2D eigenvalue weighted by molar-refractivity contribution is 9.09. The fourth-order valence-corrected chi connectivity index (χ4v) is 2.23. The van der Waals surface area contributed by atoms with Gasteiger partial charge in [-0.2, -0.15) is 0 Å². The predicted molar refractivity (Wildman–Crippen MR) is 92.3 cm³/mol. The molecular formula is C17H22BrNO5. The van der Waals surface area contributed by atoms with Crippen LogP contribution in [0.2, 0.25) is 0 Å². The third-order valence-electron chi connectivity index (χ3n) is 2.99. The van der Waals surface area contributed by atoms with Gasteiger partial charge in [-0.25, -0.2) is 0 Å². The molecule has 0 saturated heterocycles. The van der Waals surface area contributed by atoms with E-state index in [2.05, 4.69) is 15.9 Å². The van der Waals surface area contributed by atoms with E-state index in [-0.39, 0.29) is 11.9 Å². The minimum absolute atomic E-state index is 0.00717. The first-order valence-corrected chi connectivity index (χ1v) is 8.55. The number of halogens is 1. The van der Waals surface area contributed by atoms with E-state index in [1.54, 1.807) is 45.0 Å². The van der Waals surface area contributed by atoms with Crippen LogP contribution >= 0.6 is 15.9 Å². The molecule has 1 unspecified atom stereocenters. The van der Waals surface area contributed by atoms with Crippen LogP contribution in [-0.2, 0) is 30.5 Å². The number of ketones is 1. The number of carbonyl (C=O) groups is 3. The van der Waals surface area contributed by atoms with Gasteiger partial charge in [0.1, 0.15) is 24.2 Å². The quantitative estimate of drug-likeness (QED) is 0.427. The molecule has 0 heterocycles. The van der Waals surface area contributed by atoms with E-state index in [9.17, 15) is 14.4 Å². The number of hydrogen-bond acceptors (Lipinski definition) is 6. The number of rotatable bonds is 7. The molecule has 132 valence electrons. The smallest absolute Gasteiger partial charge is 0.324 e. The van der Waals surface area contributed by atoms with Gasteiger partial charge in [0.2, 0.25) is 0 Å². The first-order chi connectivity index (χ1) is 11.2. The van der Waals surface area contributed by atoms with Crippen molar-refractivity contribution in [1.29, 1.82) is 0 Å². The molecule has 0 aliphatic rings. The van der Waals surface area contributed by atoms with Crippen LogP contribution in [0.15, 0.2) is 30.3 Å². The van der Waals surface area contributed by atoms with E-state index < -0.39 is 35.3 Å². The first-order valence-electron chi connectivity index (χ1n) is 7.43. The van der Waals surface area contributed by atoms with Gasteiger partial charge >= 0.3 is 11.9 Å². The number of benzene rings is 1. The number of alkyl halides is 1. The van der Waals surface area contributed by atoms with Gasteiger partial charge in [-0.05, 0) is 26.3 Å².